The van der Waals surface area contributed by atoms with E-state index in [0.717, 1.165) is 23.6 Å². The van der Waals surface area contributed by atoms with Crippen LogP contribution in [0.1, 0.15) is 12.5 Å². The van der Waals surface area contributed by atoms with Crippen molar-refractivity contribution in [3.8, 4) is 0 Å². The summed E-state index contributed by atoms with van der Waals surface area (Å²) in [4.78, 5) is 0. The Hall–Kier alpha value is -0.670. The molecule has 3 heteroatoms. The van der Waals surface area contributed by atoms with E-state index < -0.39 is 0 Å². The Morgan fingerprint density at radius 3 is 2.60 bits per heavy atom. The minimum absolute atomic E-state index is 0.287. The number of anilines is 1. The number of aliphatic hydroxyl groups is 1. The summed E-state index contributed by atoms with van der Waals surface area (Å²) in [7, 11) is 0. The fraction of sp³-hybridized carbons (Fsp3) is 0.500. The smallest absolute Gasteiger partial charge is 0.0464 e. The first kappa shape index (κ1) is 12.4. The highest BCUT2D eigenvalue weighted by Gasteiger charge is 1.99. The van der Waals surface area contributed by atoms with Crippen molar-refractivity contribution >= 4 is 17.4 Å². The molecule has 0 aliphatic heterocycles. The van der Waals surface area contributed by atoms with Crippen LogP contribution in [0.15, 0.2) is 24.3 Å². The standard InChI is InChI=1S/C12H19NOS/c1-10(8-14)9-15-7-6-11-2-4-12(13)5-3-11/h2-5,10,14H,6-9,13H2,1H3. The van der Waals surface area contributed by atoms with E-state index in [1.54, 1.807) is 0 Å². The predicted octanol–water partition coefficient (Wildman–Crippen LogP) is 2.17. The van der Waals surface area contributed by atoms with Crippen LogP contribution in [-0.4, -0.2) is 23.2 Å². The molecule has 0 saturated heterocycles. The van der Waals surface area contributed by atoms with Crippen LogP contribution >= 0.6 is 11.8 Å². The molecular formula is C12H19NOS. The molecule has 1 aromatic carbocycles. The van der Waals surface area contributed by atoms with Crippen LogP contribution in [0.4, 0.5) is 5.69 Å². The van der Waals surface area contributed by atoms with E-state index >= 15 is 0 Å². The maximum absolute atomic E-state index is 8.85. The first-order valence-corrected chi connectivity index (χ1v) is 6.41. The lowest BCUT2D eigenvalue weighted by molar-refractivity contribution is 0.250. The molecule has 3 N–H and O–H groups in total. The zero-order valence-corrected chi connectivity index (χ0v) is 9.96. The molecule has 0 heterocycles. The SMILES string of the molecule is CC(CO)CSCCc1ccc(N)cc1. The van der Waals surface area contributed by atoms with Crippen LogP contribution in [0, 0.1) is 5.92 Å². The van der Waals surface area contributed by atoms with E-state index in [-0.39, 0.29) is 6.61 Å². The average molecular weight is 225 g/mol. The monoisotopic (exact) mass is 225 g/mol. The molecule has 1 unspecified atom stereocenters. The van der Waals surface area contributed by atoms with E-state index in [4.69, 9.17) is 10.8 Å². The molecule has 0 aromatic heterocycles. The lowest BCUT2D eigenvalue weighted by Crippen LogP contribution is -2.04. The van der Waals surface area contributed by atoms with Gasteiger partial charge in [0.15, 0.2) is 0 Å². The van der Waals surface area contributed by atoms with Crippen molar-refractivity contribution in [3.05, 3.63) is 29.8 Å². The Bertz CT molecular complexity index is 273. The summed E-state index contributed by atoms with van der Waals surface area (Å²) in [5, 5.41) is 8.85. The number of nitrogen functional groups attached to an aromatic ring is 1. The number of hydrogen-bond acceptors (Lipinski definition) is 3. The third-order valence-corrected chi connectivity index (χ3v) is 3.53. The second-order valence-corrected chi connectivity index (χ2v) is 5.00. The molecule has 2 nitrogen and oxygen atoms in total. The second kappa shape index (κ2) is 6.75. The molecular weight excluding hydrogens is 206 g/mol. The van der Waals surface area contributed by atoms with Crippen molar-refractivity contribution in [1.82, 2.24) is 0 Å². The number of hydrogen-bond donors (Lipinski definition) is 2. The zero-order chi connectivity index (χ0) is 11.1. The maximum atomic E-state index is 8.85. The van der Waals surface area contributed by atoms with Gasteiger partial charge in [0.25, 0.3) is 0 Å². The van der Waals surface area contributed by atoms with Crippen molar-refractivity contribution in [3.63, 3.8) is 0 Å². The van der Waals surface area contributed by atoms with Crippen molar-refractivity contribution in [2.24, 2.45) is 5.92 Å². The summed E-state index contributed by atoms with van der Waals surface area (Å²) in [5.41, 5.74) is 7.75. The van der Waals surface area contributed by atoms with Crippen molar-refractivity contribution in [1.29, 1.82) is 0 Å². The van der Waals surface area contributed by atoms with E-state index in [0.29, 0.717) is 5.92 Å². The van der Waals surface area contributed by atoms with Gasteiger partial charge in [0, 0.05) is 12.3 Å². The number of nitrogens with two attached hydrogens (primary N) is 1. The first-order chi connectivity index (χ1) is 7.22. The molecule has 1 atom stereocenters. The summed E-state index contributed by atoms with van der Waals surface area (Å²) in [5.74, 6) is 2.54. The van der Waals surface area contributed by atoms with Gasteiger partial charge in [-0.3, -0.25) is 0 Å². The molecule has 84 valence electrons. The van der Waals surface area contributed by atoms with Crippen molar-refractivity contribution < 1.29 is 5.11 Å². The minimum atomic E-state index is 0.287. The Morgan fingerprint density at radius 1 is 1.33 bits per heavy atom. The van der Waals surface area contributed by atoms with Crippen LogP contribution in [0.5, 0.6) is 0 Å². The van der Waals surface area contributed by atoms with Gasteiger partial charge in [-0.2, -0.15) is 11.8 Å². The first-order valence-electron chi connectivity index (χ1n) is 5.25. The Labute approximate surface area is 95.9 Å². The van der Waals surface area contributed by atoms with Gasteiger partial charge in [0.05, 0.1) is 0 Å². The van der Waals surface area contributed by atoms with E-state index in [1.165, 1.54) is 5.56 Å². The zero-order valence-electron chi connectivity index (χ0n) is 9.15. The van der Waals surface area contributed by atoms with Crippen LogP contribution in [-0.2, 0) is 6.42 Å². The third-order valence-electron chi connectivity index (χ3n) is 2.23. The van der Waals surface area contributed by atoms with Gasteiger partial charge in [-0.05, 0) is 41.5 Å². The molecule has 0 aliphatic carbocycles. The van der Waals surface area contributed by atoms with Gasteiger partial charge in [-0.1, -0.05) is 19.1 Å². The van der Waals surface area contributed by atoms with Gasteiger partial charge >= 0.3 is 0 Å². The summed E-state index contributed by atoms with van der Waals surface area (Å²) in [6, 6.07) is 8.03. The normalized spacial score (nSPS) is 12.7. The van der Waals surface area contributed by atoms with Gasteiger partial charge in [-0.25, -0.2) is 0 Å². The molecule has 0 spiro atoms. The quantitative estimate of drug-likeness (QED) is 0.576. The molecule has 0 amide bonds. The van der Waals surface area contributed by atoms with Gasteiger partial charge in [0.1, 0.15) is 0 Å². The molecule has 0 bridgehead atoms. The topological polar surface area (TPSA) is 46.2 Å². The third kappa shape index (κ3) is 5.09. The van der Waals surface area contributed by atoms with E-state index in [9.17, 15) is 0 Å². The Morgan fingerprint density at radius 2 is 2.00 bits per heavy atom. The number of aliphatic hydroxyl groups excluding tert-OH is 1. The highest BCUT2D eigenvalue weighted by molar-refractivity contribution is 7.99. The number of benzene rings is 1. The molecule has 1 rings (SSSR count). The van der Waals surface area contributed by atoms with Gasteiger partial charge in [0.2, 0.25) is 0 Å². The summed E-state index contributed by atoms with van der Waals surface area (Å²) < 4.78 is 0. The number of rotatable bonds is 6. The molecule has 15 heavy (non-hydrogen) atoms. The fourth-order valence-corrected chi connectivity index (χ4v) is 2.27. The highest BCUT2D eigenvalue weighted by Crippen LogP contribution is 2.12. The Balaban J connectivity index is 2.17. The van der Waals surface area contributed by atoms with Crippen LogP contribution in [0.2, 0.25) is 0 Å². The maximum Gasteiger partial charge on any atom is 0.0464 e. The molecule has 1 aromatic rings. The largest absolute Gasteiger partial charge is 0.399 e. The minimum Gasteiger partial charge on any atom is -0.399 e. The van der Waals surface area contributed by atoms with Crippen molar-refractivity contribution in [2.45, 2.75) is 13.3 Å². The average Bonchev–Trinajstić information content (AvgIpc) is 2.26. The fourth-order valence-electron chi connectivity index (χ4n) is 1.21. The van der Waals surface area contributed by atoms with Gasteiger partial charge in [-0.15, -0.1) is 0 Å². The summed E-state index contributed by atoms with van der Waals surface area (Å²) in [6.07, 6.45) is 1.07. The molecule has 0 aliphatic rings. The molecule has 0 fully saturated rings. The Kier molecular flexibility index (Phi) is 5.58. The van der Waals surface area contributed by atoms with Crippen molar-refractivity contribution in [2.75, 3.05) is 23.8 Å². The van der Waals surface area contributed by atoms with Crippen LogP contribution < -0.4 is 5.73 Å². The molecule has 0 radical (unpaired) electrons. The second-order valence-electron chi connectivity index (χ2n) is 3.85. The van der Waals surface area contributed by atoms with Crippen LogP contribution in [0.3, 0.4) is 0 Å². The van der Waals surface area contributed by atoms with Crippen LogP contribution in [0.25, 0.3) is 0 Å². The summed E-state index contributed by atoms with van der Waals surface area (Å²) >= 11 is 1.89. The number of aryl methyl sites for hydroxylation is 1. The summed E-state index contributed by atoms with van der Waals surface area (Å²) in [6.45, 7) is 2.35. The van der Waals surface area contributed by atoms with E-state index in [2.05, 4.69) is 19.1 Å². The lowest BCUT2D eigenvalue weighted by Gasteiger charge is -2.07. The van der Waals surface area contributed by atoms with E-state index in [1.807, 2.05) is 23.9 Å². The van der Waals surface area contributed by atoms with Gasteiger partial charge < -0.3 is 10.8 Å². The number of thioether (sulfide) groups is 1. The predicted molar refractivity (Wildman–Crippen MR) is 68.1 cm³/mol. The lowest BCUT2D eigenvalue weighted by atomic mass is 10.2. The highest BCUT2D eigenvalue weighted by atomic mass is 32.2. The molecule has 0 saturated carbocycles.